The van der Waals surface area contributed by atoms with E-state index in [0.717, 1.165) is 61.5 Å². The molecule has 7 heteroatoms. The van der Waals surface area contributed by atoms with Crippen LogP contribution < -0.4 is 4.90 Å². The van der Waals surface area contributed by atoms with E-state index in [0.29, 0.717) is 0 Å². The number of ether oxygens (including phenoxy) is 2. The number of anilines is 1. The summed E-state index contributed by atoms with van der Waals surface area (Å²) in [6.07, 6.45) is 0. The molecule has 2 aromatic rings. The maximum Gasteiger partial charge on any atom is 0.166 e. The Balaban J connectivity index is 2.22. The lowest BCUT2D eigenvalue weighted by molar-refractivity contribution is 0.00903. The van der Waals surface area contributed by atoms with Crippen LogP contribution in [-0.2, 0) is 21.6 Å². The van der Waals surface area contributed by atoms with E-state index in [-0.39, 0.29) is 0 Å². The van der Waals surface area contributed by atoms with Crippen molar-refractivity contribution >= 4 is 17.0 Å². The van der Waals surface area contributed by atoms with Gasteiger partial charge >= 0.3 is 0 Å². The summed E-state index contributed by atoms with van der Waals surface area (Å²) in [5.74, 6) is 2.54. The van der Waals surface area contributed by atoms with E-state index in [1.165, 1.54) is 0 Å². The number of fused-ring (bicyclic) bond motifs is 1. The number of aromatic nitrogens is 4. The van der Waals surface area contributed by atoms with E-state index in [9.17, 15) is 0 Å². The van der Waals surface area contributed by atoms with E-state index >= 15 is 0 Å². The summed E-state index contributed by atoms with van der Waals surface area (Å²) in [6.45, 7) is 12.0. The Bertz CT molecular complexity index is 704. The summed E-state index contributed by atoms with van der Waals surface area (Å²) in [7, 11) is 1.71. The minimum absolute atomic E-state index is 0.479. The van der Waals surface area contributed by atoms with E-state index < -0.39 is 5.60 Å². The van der Waals surface area contributed by atoms with Gasteiger partial charge in [0.05, 0.1) is 13.2 Å². The molecule has 23 heavy (non-hydrogen) atoms. The van der Waals surface area contributed by atoms with Crippen molar-refractivity contribution in [2.24, 2.45) is 0 Å². The first kappa shape index (κ1) is 16.1. The summed E-state index contributed by atoms with van der Waals surface area (Å²) in [4.78, 5) is 16.4. The topological polar surface area (TPSA) is 65.3 Å². The lowest BCUT2D eigenvalue weighted by Crippen LogP contribution is -2.37. The number of aryl methyl sites for hydroxylation is 2. The number of nitrogens with zero attached hydrogens (tertiary/aromatic N) is 5. The van der Waals surface area contributed by atoms with Gasteiger partial charge in [0.1, 0.15) is 17.2 Å². The lowest BCUT2D eigenvalue weighted by Gasteiger charge is -2.27. The molecule has 0 bridgehead atoms. The maximum absolute atomic E-state index is 5.65. The molecule has 0 amide bonds. The van der Waals surface area contributed by atoms with Crippen LogP contribution in [0, 0.1) is 6.92 Å². The van der Waals surface area contributed by atoms with Crippen LogP contribution in [0.4, 0.5) is 5.82 Å². The molecule has 1 aliphatic rings. The number of rotatable bonds is 4. The predicted molar refractivity (Wildman–Crippen MR) is 88.8 cm³/mol. The Morgan fingerprint density at radius 2 is 1.87 bits per heavy atom. The van der Waals surface area contributed by atoms with Crippen molar-refractivity contribution in [1.82, 2.24) is 19.5 Å². The van der Waals surface area contributed by atoms with Gasteiger partial charge in [0.2, 0.25) is 0 Å². The second-order valence-electron chi connectivity index (χ2n) is 6.26. The first-order chi connectivity index (χ1) is 11.0. The highest BCUT2D eigenvalue weighted by Gasteiger charge is 2.30. The first-order valence-electron chi connectivity index (χ1n) is 8.11. The zero-order valence-electron chi connectivity index (χ0n) is 14.6. The third-order valence-electron chi connectivity index (χ3n) is 4.36. The van der Waals surface area contributed by atoms with Gasteiger partial charge in [0.15, 0.2) is 17.0 Å². The molecule has 0 atom stereocenters. The molecule has 1 aliphatic heterocycles. The third-order valence-corrected chi connectivity index (χ3v) is 4.36. The highest BCUT2D eigenvalue weighted by molar-refractivity contribution is 5.84. The summed E-state index contributed by atoms with van der Waals surface area (Å²) in [5, 5.41) is 0. The summed E-state index contributed by atoms with van der Waals surface area (Å²) in [6, 6.07) is 0. The summed E-state index contributed by atoms with van der Waals surface area (Å²) < 4.78 is 13.2. The van der Waals surface area contributed by atoms with Crippen molar-refractivity contribution < 1.29 is 9.47 Å². The molecule has 0 aliphatic carbocycles. The van der Waals surface area contributed by atoms with Crippen molar-refractivity contribution in [2.45, 2.75) is 39.8 Å². The van der Waals surface area contributed by atoms with Crippen molar-refractivity contribution in [3.05, 3.63) is 11.6 Å². The molecule has 1 fully saturated rings. The van der Waals surface area contributed by atoms with Crippen molar-refractivity contribution in [2.75, 3.05) is 38.3 Å². The molecule has 0 radical (unpaired) electrons. The van der Waals surface area contributed by atoms with Gasteiger partial charge in [0, 0.05) is 26.7 Å². The van der Waals surface area contributed by atoms with E-state index in [4.69, 9.17) is 14.5 Å². The second kappa shape index (κ2) is 6.05. The van der Waals surface area contributed by atoms with Crippen LogP contribution in [0.2, 0.25) is 0 Å². The smallest absolute Gasteiger partial charge is 0.166 e. The first-order valence-corrected chi connectivity index (χ1v) is 8.11. The fourth-order valence-electron chi connectivity index (χ4n) is 2.94. The minimum atomic E-state index is -0.479. The summed E-state index contributed by atoms with van der Waals surface area (Å²) in [5.41, 5.74) is 1.24. The van der Waals surface area contributed by atoms with Crippen LogP contribution >= 0.6 is 0 Å². The average Bonchev–Trinajstić information content (AvgIpc) is 2.94. The number of methoxy groups -OCH3 is 1. The largest absolute Gasteiger partial charge is 0.378 e. The number of hydrogen-bond donors (Lipinski definition) is 0. The highest BCUT2D eigenvalue weighted by Crippen LogP contribution is 2.30. The Kier molecular flexibility index (Phi) is 4.25. The molecule has 0 aromatic carbocycles. The predicted octanol–water partition coefficient (Wildman–Crippen LogP) is 1.87. The molecule has 3 heterocycles. The Labute approximate surface area is 136 Å². The molecule has 7 nitrogen and oxygen atoms in total. The van der Waals surface area contributed by atoms with Gasteiger partial charge in [-0.15, -0.1) is 0 Å². The van der Waals surface area contributed by atoms with Crippen molar-refractivity contribution in [1.29, 1.82) is 0 Å². The molecule has 1 saturated heterocycles. The van der Waals surface area contributed by atoms with Crippen LogP contribution in [0.1, 0.15) is 32.4 Å². The van der Waals surface area contributed by atoms with Crippen LogP contribution in [0.25, 0.3) is 11.2 Å². The van der Waals surface area contributed by atoms with Crippen LogP contribution in [0.15, 0.2) is 0 Å². The molecule has 2 aromatic heterocycles. The highest BCUT2D eigenvalue weighted by atomic mass is 16.5. The Hall–Kier alpha value is -1.73. The van der Waals surface area contributed by atoms with E-state index in [2.05, 4.69) is 26.4 Å². The van der Waals surface area contributed by atoms with E-state index in [1.54, 1.807) is 7.11 Å². The van der Waals surface area contributed by atoms with E-state index in [1.807, 2.05) is 20.8 Å². The van der Waals surface area contributed by atoms with Gasteiger partial charge < -0.3 is 18.9 Å². The molecule has 0 unspecified atom stereocenters. The molecule has 0 N–H and O–H groups in total. The number of morpholine rings is 1. The van der Waals surface area contributed by atoms with Gasteiger partial charge in [-0.2, -0.15) is 0 Å². The monoisotopic (exact) mass is 319 g/mol. The minimum Gasteiger partial charge on any atom is -0.378 e. The molecule has 0 spiro atoms. The molecular formula is C16H25N5O2. The molecule has 0 saturated carbocycles. The SMILES string of the molecule is CCn1c(C(C)(C)OC)nc2c(N3CCOCC3)nc(C)nc21. The molecule has 3 rings (SSSR count). The average molecular weight is 319 g/mol. The van der Waals surface area contributed by atoms with Gasteiger partial charge in [-0.05, 0) is 27.7 Å². The standard InChI is InChI=1S/C16H25N5O2/c1-6-21-14-12(19-15(21)16(3,4)22-5)13(17-11(2)18-14)20-7-9-23-10-8-20/h6-10H2,1-5H3. The van der Waals surface area contributed by atoms with Crippen molar-refractivity contribution in [3.8, 4) is 0 Å². The van der Waals surface area contributed by atoms with Gasteiger partial charge in [-0.3, -0.25) is 0 Å². The number of imidazole rings is 1. The zero-order chi connectivity index (χ0) is 16.6. The number of hydrogen-bond acceptors (Lipinski definition) is 6. The van der Waals surface area contributed by atoms with Crippen LogP contribution in [-0.4, -0.2) is 52.9 Å². The Morgan fingerprint density at radius 3 is 2.48 bits per heavy atom. The van der Waals surface area contributed by atoms with Gasteiger partial charge in [0.25, 0.3) is 0 Å². The molecular weight excluding hydrogens is 294 g/mol. The van der Waals surface area contributed by atoms with Crippen LogP contribution in [0.5, 0.6) is 0 Å². The Morgan fingerprint density at radius 1 is 1.17 bits per heavy atom. The van der Waals surface area contributed by atoms with Crippen molar-refractivity contribution in [3.63, 3.8) is 0 Å². The zero-order valence-corrected chi connectivity index (χ0v) is 14.6. The summed E-state index contributed by atoms with van der Waals surface area (Å²) >= 11 is 0. The second-order valence-corrected chi connectivity index (χ2v) is 6.26. The molecule has 126 valence electrons. The quantitative estimate of drug-likeness (QED) is 0.857. The normalized spacial score (nSPS) is 16.3. The third kappa shape index (κ3) is 2.79. The lowest BCUT2D eigenvalue weighted by atomic mass is 10.1. The van der Waals surface area contributed by atoms with Gasteiger partial charge in [-0.1, -0.05) is 0 Å². The van der Waals surface area contributed by atoms with Gasteiger partial charge in [-0.25, -0.2) is 15.0 Å². The fraction of sp³-hybridized carbons (Fsp3) is 0.688. The van der Waals surface area contributed by atoms with Crippen LogP contribution in [0.3, 0.4) is 0 Å². The maximum atomic E-state index is 5.65. The fourth-order valence-corrected chi connectivity index (χ4v) is 2.94.